The van der Waals surface area contributed by atoms with Crippen LogP contribution < -0.4 is 10.5 Å². The molecule has 0 N–H and O–H groups in total. The zero-order chi connectivity index (χ0) is 24.3. The van der Waals surface area contributed by atoms with Crippen LogP contribution >= 0.6 is 24.0 Å². The summed E-state index contributed by atoms with van der Waals surface area (Å²) in [6, 6.07) is 10.1. The van der Waals surface area contributed by atoms with E-state index in [0.29, 0.717) is 46.5 Å². The predicted molar refractivity (Wildman–Crippen MR) is 139 cm³/mol. The van der Waals surface area contributed by atoms with Crippen LogP contribution in [0.15, 0.2) is 34.0 Å². The maximum atomic E-state index is 13.3. The molecule has 0 spiro atoms. The van der Waals surface area contributed by atoms with E-state index in [9.17, 15) is 14.9 Å². The number of thiocarbonyl (C=S) groups is 1. The van der Waals surface area contributed by atoms with Crippen LogP contribution in [0.2, 0.25) is 0 Å². The molecule has 3 rings (SSSR count). The number of benzene rings is 1. The number of aryl methyl sites for hydroxylation is 1. The molecule has 33 heavy (non-hydrogen) atoms. The Balaban J connectivity index is 2.12. The molecule has 0 saturated carbocycles. The number of amides is 1. The first-order valence-corrected chi connectivity index (χ1v) is 12.2. The fourth-order valence-corrected chi connectivity index (χ4v) is 5.18. The number of nitrogens with zero attached hydrogens (tertiary/aromatic N) is 4. The molecule has 0 atom stereocenters. The van der Waals surface area contributed by atoms with Gasteiger partial charge in [0.05, 0.1) is 11.4 Å². The second kappa shape index (κ2) is 10.4. The molecule has 0 radical (unpaired) electrons. The van der Waals surface area contributed by atoms with Gasteiger partial charge < -0.3 is 4.90 Å². The number of aromatic nitrogens is 1. The van der Waals surface area contributed by atoms with Crippen molar-refractivity contribution in [2.75, 3.05) is 18.0 Å². The SMILES string of the molecule is CCN(CC)c1c(/C=C2\SC(=S)N(Cc3ccc(C)cc3)C2=O)c(C)c(C#N)c(=O)n1CC. The van der Waals surface area contributed by atoms with Crippen molar-refractivity contribution in [1.82, 2.24) is 9.47 Å². The van der Waals surface area contributed by atoms with E-state index in [0.717, 1.165) is 16.9 Å². The van der Waals surface area contributed by atoms with Crippen LogP contribution in [0.1, 0.15) is 48.6 Å². The summed E-state index contributed by atoms with van der Waals surface area (Å²) in [4.78, 5) is 30.5. The van der Waals surface area contributed by atoms with Crippen molar-refractivity contribution in [3.63, 3.8) is 0 Å². The minimum atomic E-state index is -0.302. The third kappa shape index (κ3) is 4.75. The van der Waals surface area contributed by atoms with Gasteiger partial charge >= 0.3 is 0 Å². The Morgan fingerprint density at radius 2 is 1.76 bits per heavy atom. The highest BCUT2D eigenvalue weighted by Crippen LogP contribution is 2.36. The maximum Gasteiger partial charge on any atom is 0.270 e. The fourth-order valence-electron chi connectivity index (χ4n) is 3.94. The van der Waals surface area contributed by atoms with Crippen molar-refractivity contribution >= 4 is 46.1 Å². The molecule has 1 aromatic heterocycles. The first-order chi connectivity index (χ1) is 15.8. The first-order valence-electron chi connectivity index (χ1n) is 11.0. The Hall–Kier alpha value is -2.89. The number of rotatable bonds is 7. The van der Waals surface area contributed by atoms with E-state index in [1.807, 2.05) is 52.0 Å². The maximum absolute atomic E-state index is 13.3. The molecule has 1 aliphatic rings. The standard InChI is InChI=1S/C25H28N4O2S2/c1-6-27(7-2)22-19(17(5)20(14-26)23(30)28(22)8-3)13-21-24(31)29(25(32)33-21)15-18-11-9-16(4)10-12-18/h9-13H,6-8,15H2,1-5H3/b21-13-. The fraction of sp³-hybridized carbons (Fsp3) is 0.360. The van der Waals surface area contributed by atoms with Crippen LogP contribution in [0.5, 0.6) is 0 Å². The summed E-state index contributed by atoms with van der Waals surface area (Å²) in [7, 11) is 0. The lowest BCUT2D eigenvalue weighted by Crippen LogP contribution is -2.34. The van der Waals surface area contributed by atoms with E-state index < -0.39 is 0 Å². The second-order valence-electron chi connectivity index (χ2n) is 7.82. The summed E-state index contributed by atoms with van der Waals surface area (Å²) in [5.41, 5.74) is 3.26. The highest BCUT2D eigenvalue weighted by Gasteiger charge is 2.33. The lowest BCUT2D eigenvalue weighted by Gasteiger charge is -2.28. The zero-order valence-corrected chi connectivity index (χ0v) is 21.3. The molecule has 0 bridgehead atoms. The number of nitriles is 1. The number of anilines is 1. The third-order valence-corrected chi connectivity index (χ3v) is 7.21. The van der Waals surface area contributed by atoms with Crippen molar-refractivity contribution < 1.29 is 4.79 Å². The van der Waals surface area contributed by atoms with Gasteiger partial charge in [0.15, 0.2) is 0 Å². The van der Waals surface area contributed by atoms with Crippen molar-refractivity contribution in [3.8, 4) is 6.07 Å². The average Bonchev–Trinajstić information content (AvgIpc) is 3.06. The van der Waals surface area contributed by atoms with Gasteiger partial charge in [-0.2, -0.15) is 5.26 Å². The van der Waals surface area contributed by atoms with Gasteiger partial charge in [-0.25, -0.2) is 0 Å². The number of carbonyl (C=O) groups is 1. The molecule has 172 valence electrons. The molecule has 8 heteroatoms. The Kier molecular flexibility index (Phi) is 7.77. The smallest absolute Gasteiger partial charge is 0.270 e. The van der Waals surface area contributed by atoms with Gasteiger partial charge in [0.1, 0.15) is 21.8 Å². The highest BCUT2D eigenvalue weighted by molar-refractivity contribution is 8.26. The van der Waals surface area contributed by atoms with Crippen LogP contribution in [0.3, 0.4) is 0 Å². The number of carbonyl (C=O) groups excluding carboxylic acids is 1. The summed E-state index contributed by atoms with van der Waals surface area (Å²) in [5, 5.41) is 9.67. The number of pyridine rings is 1. The molecule has 1 aliphatic heterocycles. The first kappa shape index (κ1) is 24.7. The van der Waals surface area contributed by atoms with Gasteiger partial charge in [0.25, 0.3) is 11.5 Å². The normalized spacial score (nSPS) is 14.8. The summed E-state index contributed by atoms with van der Waals surface area (Å²) < 4.78 is 2.12. The predicted octanol–water partition coefficient (Wildman–Crippen LogP) is 4.60. The lowest BCUT2D eigenvalue weighted by atomic mass is 10.0. The lowest BCUT2D eigenvalue weighted by molar-refractivity contribution is -0.122. The van der Waals surface area contributed by atoms with Crippen molar-refractivity contribution in [2.24, 2.45) is 0 Å². The number of hydrogen-bond donors (Lipinski definition) is 0. The summed E-state index contributed by atoms with van der Waals surface area (Å²) >= 11 is 6.78. The van der Waals surface area contributed by atoms with Crippen LogP contribution in [0.25, 0.3) is 6.08 Å². The summed E-state index contributed by atoms with van der Waals surface area (Å²) in [5.74, 6) is 0.566. The average molecular weight is 481 g/mol. The Morgan fingerprint density at radius 1 is 1.12 bits per heavy atom. The molecule has 1 fully saturated rings. The van der Waals surface area contributed by atoms with E-state index in [1.54, 1.807) is 22.5 Å². The molecule has 6 nitrogen and oxygen atoms in total. The van der Waals surface area contributed by atoms with Gasteiger partial charge in [-0.3, -0.25) is 19.1 Å². The third-order valence-electron chi connectivity index (χ3n) is 5.84. The molecule has 2 heterocycles. The topological polar surface area (TPSA) is 69.3 Å². The monoisotopic (exact) mass is 480 g/mol. The molecule has 1 aromatic carbocycles. The van der Waals surface area contributed by atoms with Gasteiger partial charge in [-0.1, -0.05) is 53.8 Å². The van der Waals surface area contributed by atoms with E-state index in [4.69, 9.17) is 12.2 Å². The quantitative estimate of drug-likeness (QED) is 0.426. The van der Waals surface area contributed by atoms with Crippen LogP contribution in [0.4, 0.5) is 5.82 Å². The van der Waals surface area contributed by atoms with Gasteiger partial charge in [0.2, 0.25) is 0 Å². The van der Waals surface area contributed by atoms with Gasteiger partial charge in [0, 0.05) is 25.2 Å². The molecule has 0 aliphatic carbocycles. The van der Waals surface area contributed by atoms with Crippen LogP contribution in [0, 0.1) is 25.2 Å². The second-order valence-corrected chi connectivity index (χ2v) is 9.50. The Bertz CT molecular complexity index is 1220. The highest BCUT2D eigenvalue weighted by atomic mass is 32.2. The summed E-state index contributed by atoms with van der Waals surface area (Å²) in [6.45, 7) is 11.9. The van der Waals surface area contributed by atoms with Crippen molar-refractivity contribution in [2.45, 2.75) is 47.7 Å². The Morgan fingerprint density at radius 3 is 2.30 bits per heavy atom. The molecule has 2 aromatic rings. The molecule has 1 amide bonds. The molecular weight excluding hydrogens is 452 g/mol. The number of thioether (sulfide) groups is 1. The van der Waals surface area contributed by atoms with Crippen molar-refractivity contribution in [3.05, 3.63) is 67.3 Å². The van der Waals surface area contributed by atoms with Crippen LogP contribution in [-0.4, -0.2) is 32.8 Å². The van der Waals surface area contributed by atoms with Crippen molar-refractivity contribution in [1.29, 1.82) is 5.26 Å². The van der Waals surface area contributed by atoms with Crippen LogP contribution in [-0.2, 0) is 17.9 Å². The van der Waals surface area contributed by atoms with E-state index in [2.05, 4.69) is 11.0 Å². The molecular formula is C25H28N4O2S2. The van der Waals surface area contributed by atoms with Gasteiger partial charge in [-0.15, -0.1) is 0 Å². The molecule has 1 saturated heterocycles. The van der Waals surface area contributed by atoms with Gasteiger partial charge in [-0.05, 0) is 51.8 Å². The number of hydrogen-bond acceptors (Lipinski definition) is 6. The minimum absolute atomic E-state index is 0.106. The minimum Gasteiger partial charge on any atom is -0.358 e. The molecule has 0 unspecified atom stereocenters. The largest absolute Gasteiger partial charge is 0.358 e. The van der Waals surface area contributed by atoms with E-state index in [1.165, 1.54) is 11.8 Å². The van der Waals surface area contributed by atoms with E-state index in [-0.39, 0.29) is 17.0 Å². The summed E-state index contributed by atoms with van der Waals surface area (Å²) in [6.07, 6.45) is 1.80. The Labute approximate surface area is 204 Å². The zero-order valence-electron chi connectivity index (χ0n) is 19.6. The van der Waals surface area contributed by atoms with E-state index >= 15 is 0 Å².